The molecule has 1 aromatic rings. The molecule has 0 saturated carbocycles. The number of nitrogens with one attached hydrogen (secondary N) is 1. The molecule has 6 heteroatoms. The average molecular weight is 156 g/mol. The lowest BCUT2D eigenvalue weighted by atomic mass is 10.6. The first kappa shape index (κ1) is 7.83. The first-order valence-corrected chi connectivity index (χ1v) is 2.93. The Balaban J connectivity index is 2.66. The average Bonchev–Trinajstić information content (AvgIpc) is 1.85. The van der Waals surface area contributed by atoms with Gasteiger partial charge in [-0.05, 0) is 0 Å². The minimum Gasteiger partial charge on any atom is -0.349 e. The van der Waals surface area contributed by atoms with Gasteiger partial charge < -0.3 is 15.5 Å². The molecule has 0 unspecified atom stereocenters. The summed E-state index contributed by atoms with van der Waals surface area (Å²) in [5.41, 5.74) is 0. The molecule has 0 bridgehead atoms. The predicted octanol–water partition coefficient (Wildman–Crippen LogP) is -1.06. The molecule has 1 aromatic heterocycles. The van der Waals surface area contributed by atoms with Gasteiger partial charge in [0.15, 0.2) is 0 Å². The van der Waals surface area contributed by atoms with Crippen LogP contribution in [0.4, 0.5) is 5.95 Å². The van der Waals surface area contributed by atoms with Crippen LogP contribution in [-0.2, 0) is 0 Å². The third kappa shape index (κ3) is 2.87. The van der Waals surface area contributed by atoms with Crippen molar-refractivity contribution in [2.45, 2.75) is 12.8 Å². The Bertz CT molecular complexity index is 220. The minimum absolute atomic E-state index is 0.118. The number of anilines is 1. The number of hydrogen-bond acceptors (Lipinski definition) is 6. The van der Waals surface area contributed by atoms with Crippen LogP contribution < -0.4 is 5.32 Å². The van der Waals surface area contributed by atoms with E-state index in [4.69, 9.17) is 10.2 Å². The van der Waals surface area contributed by atoms with Gasteiger partial charge in [0, 0.05) is 6.92 Å². The van der Waals surface area contributed by atoms with Gasteiger partial charge in [-0.2, -0.15) is 0 Å². The Labute approximate surface area is 63.0 Å². The number of nitrogens with zero attached hydrogens (tertiary/aromatic N) is 3. The minimum atomic E-state index is -2.00. The highest BCUT2D eigenvalue weighted by atomic mass is 16.5. The van der Waals surface area contributed by atoms with Crippen molar-refractivity contribution in [1.29, 1.82) is 0 Å². The topological polar surface area (TPSA) is 91.2 Å². The van der Waals surface area contributed by atoms with Gasteiger partial charge in [-0.1, -0.05) is 0 Å². The fourth-order valence-electron chi connectivity index (χ4n) is 0.516. The van der Waals surface area contributed by atoms with Crippen LogP contribution in [0.3, 0.4) is 0 Å². The van der Waals surface area contributed by atoms with E-state index in [2.05, 4.69) is 20.3 Å². The summed E-state index contributed by atoms with van der Waals surface area (Å²) in [7, 11) is 0. The molecular formula is C5H8N4O2. The van der Waals surface area contributed by atoms with E-state index in [0.717, 1.165) is 6.92 Å². The van der Waals surface area contributed by atoms with Crippen LogP contribution in [0.2, 0.25) is 0 Å². The lowest BCUT2D eigenvalue weighted by Gasteiger charge is -2.16. The van der Waals surface area contributed by atoms with Gasteiger partial charge >= 0.3 is 0 Å². The van der Waals surface area contributed by atoms with Crippen LogP contribution in [0.1, 0.15) is 6.92 Å². The van der Waals surface area contributed by atoms with E-state index in [0.29, 0.717) is 0 Å². The van der Waals surface area contributed by atoms with E-state index in [1.54, 1.807) is 0 Å². The SMILES string of the molecule is CC(O)(O)Nc1ncncn1. The lowest BCUT2D eigenvalue weighted by molar-refractivity contribution is -0.119. The molecule has 0 radical (unpaired) electrons. The van der Waals surface area contributed by atoms with Crippen LogP contribution in [0, 0.1) is 0 Å². The van der Waals surface area contributed by atoms with Gasteiger partial charge in [0.25, 0.3) is 0 Å². The smallest absolute Gasteiger partial charge is 0.243 e. The summed E-state index contributed by atoms with van der Waals surface area (Å²) in [6, 6.07) is 0. The second-order valence-electron chi connectivity index (χ2n) is 2.11. The van der Waals surface area contributed by atoms with Gasteiger partial charge in [0.2, 0.25) is 11.9 Å². The maximum Gasteiger partial charge on any atom is 0.243 e. The van der Waals surface area contributed by atoms with Gasteiger partial charge in [0.1, 0.15) is 12.7 Å². The third-order valence-corrected chi connectivity index (χ3v) is 0.842. The zero-order chi connectivity index (χ0) is 8.32. The van der Waals surface area contributed by atoms with Crippen LogP contribution in [0.15, 0.2) is 12.7 Å². The van der Waals surface area contributed by atoms with Crippen LogP contribution in [-0.4, -0.2) is 31.1 Å². The second kappa shape index (κ2) is 2.77. The van der Waals surface area contributed by atoms with Gasteiger partial charge in [0.05, 0.1) is 0 Å². The van der Waals surface area contributed by atoms with Gasteiger partial charge in [-0.25, -0.2) is 15.0 Å². The summed E-state index contributed by atoms with van der Waals surface area (Å²) >= 11 is 0. The first-order valence-electron chi connectivity index (χ1n) is 2.93. The summed E-state index contributed by atoms with van der Waals surface area (Å²) in [5.74, 6) is -1.88. The molecule has 1 rings (SSSR count). The largest absolute Gasteiger partial charge is 0.349 e. The van der Waals surface area contributed by atoms with Crippen LogP contribution in [0.25, 0.3) is 0 Å². The Kier molecular flexibility index (Phi) is 1.97. The zero-order valence-electron chi connectivity index (χ0n) is 5.89. The molecule has 0 atom stereocenters. The van der Waals surface area contributed by atoms with Crippen molar-refractivity contribution in [3.05, 3.63) is 12.7 Å². The fraction of sp³-hybridized carbons (Fsp3) is 0.400. The molecule has 11 heavy (non-hydrogen) atoms. The summed E-state index contributed by atoms with van der Waals surface area (Å²) in [5, 5.41) is 19.9. The maximum atomic E-state index is 8.82. The molecule has 0 aromatic carbocycles. The molecule has 0 fully saturated rings. The molecule has 0 aliphatic heterocycles. The molecule has 0 amide bonds. The normalized spacial score (nSPS) is 11.2. The summed E-state index contributed by atoms with van der Waals surface area (Å²) < 4.78 is 0. The lowest BCUT2D eigenvalue weighted by Crippen LogP contribution is -2.34. The monoisotopic (exact) mass is 156 g/mol. The zero-order valence-corrected chi connectivity index (χ0v) is 5.89. The van der Waals surface area contributed by atoms with Crippen LogP contribution in [0.5, 0.6) is 0 Å². The highest BCUT2D eigenvalue weighted by molar-refractivity contribution is 5.22. The van der Waals surface area contributed by atoms with Crippen molar-refractivity contribution in [1.82, 2.24) is 15.0 Å². The molecule has 60 valence electrons. The van der Waals surface area contributed by atoms with Crippen LogP contribution >= 0.6 is 0 Å². The second-order valence-corrected chi connectivity index (χ2v) is 2.11. The maximum absolute atomic E-state index is 8.82. The van der Waals surface area contributed by atoms with Gasteiger partial charge in [-0.15, -0.1) is 0 Å². The van der Waals surface area contributed by atoms with Gasteiger partial charge in [-0.3, -0.25) is 0 Å². The quantitative estimate of drug-likeness (QED) is 0.473. The van der Waals surface area contributed by atoms with E-state index in [-0.39, 0.29) is 5.95 Å². The molecule has 6 nitrogen and oxygen atoms in total. The van der Waals surface area contributed by atoms with Crippen molar-refractivity contribution >= 4 is 5.95 Å². The first-order chi connectivity index (χ1) is 5.08. The molecule has 0 spiro atoms. The van der Waals surface area contributed by atoms with E-state index in [1.165, 1.54) is 12.7 Å². The number of aliphatic hydroxyl groups is 2. The number of rotatable bonds is 2. The third-order valence-electron chi connectivity index (χ3n) is 0.842. The van der Waals surface area contributed by atoms with E-state index in [9.17, 15) is 0 Å². The predicted molar refractivity (Wildman–Crippen MR) is 36.3 cm³/mol. The van der Waals surface area contributed by atoms with Crippen molar-refractivity contribution in [3.63, 3.8) is 0 Å². The van der Waals surface area contributed by atoms with E-state index >= 15 is 0 Å². The number of hydrogen-bond donors (Lipinski definition) is 3. The van der Waals surface area contributed by atoms with E-state index < -0.39 is 5.91 Å². The molecule has 0 aliphatic rings. The van der Waals surface area contributed by atoms with Crippen molar-refractivity contribution in [2.75, 3.05) is 5.32 Å². The highest BCUT2D eigenvalue weighted by Crippen LogP contribution is 2.01. The molecule has 3 N–H and O–H groups in total. The molecular weight excluding hydrogens is 148 g/mol. The number of aromatic nitrogens is 3. The summed E-state index contributed by atoms with van der Waals surface area (Å²) in [6.07, 6.45) is 2.50. The van der Waals surface area contributed by atoms with E-state index in [1.807, 2.05) is 0 Å². The van der Waals surface area contributed by atoms with Crippen molar-refractivity contribution in [3.8, 4) is 0 Å². The Morgan fingerprint density at radius 3 is 2.36 bits per heavy atom. The molecule has 0 saturated heterocycles. The Morgan fingerprint density at radius 2 is 1.91 bits per heavy atom. The molecule has 0 aliphatic carbocycles. The Hall–Kier alpha value is -1.27. The highest BCUT2D eigenvalue weighted by Gasteiger charge is 2.14. The summed E-state index contributed by atoms with van der Waals surface area (Å²) in [4.78, 5) is 10.8. The van der Waals surface area contributed by atoms with Crippen molar-refractivity contribution in [2.24, 2.45) is 0 Å². The molecule has 1 heterocycles. The van der Waals surface area contributed by atoms with Crippen molar-refractivity contribution < 1.29 is 10.2 Å². The summed E-state index contributed by atoms with van der Waals surface area (Å²) in [6.45, 7) is 1.16. The fourth-order valence-corrected chi connectivity index (χ4v) is 0.516. The standard InChI is InChI=1S/C5H8N4O2/c1-5(10,11)9-4-7-2-6-3-8-4/h2-3,10-11H,1H3,(H,6,7,8,9). The Morgan fingerprint density at radius 1 is 1.36 bits per heavy atom.